The summed E-state index contributed by atoms with van der Waals surface area (Å²) in [5.41, 5.74) is 0.161. The van der Waals surface area contributed by atoms with Crippen molar-refractivity contribution in [3.8, 4) is 0 Å². The first-order valence-corrected chi connectivity index (χ1v) is 3.18. The van der Waals surface area contributed by atoms with Crippen LogP contribution in [0.25, 0.3) is 0 Å². The summed E-state index contributed by atoms with van der Waals surface area (Å²) in [5.74, 6) is -0.539. The lowest BCUT2D eigenvalue weighted by molar-refractivity contribution is 0.0588. The number of aryl methyl sites for hydroxylation is 1. The van der Waals surface area contributed by atoms with Crippen LogP contribution in [-0.4, -0.2) is 28.1 Å². The minimum Gasteiger partial charge on any atom is -0.464 e. The molecule has 5 nitrogen and oxygen atoms in total. The van der Waals surface area contributed by atoms with Crippen molar-refractivity contribution in [1.29, 1.82) is 0 Å². The summed E-state index contributed by atoms with van der Waals surface area (Å²) in [7, 11) is 2.83. The maximum absolute atomic E-state index is 10.9. The molecule has 0 N–H and O–H groups in total. The highest BCUT2D eigenvalue weighted by molar-refractivity contribution is 6.32. The standard InChI is InChI=1S/C5H6ClN3O2/c1-9-3(5(10)11-2)4(6)7-8-9/h1-2H3. The lowest BCUT2D eigenvalue weighted by atomic mass is 10.5. The first-order valence-electron chi connectivity index (χ1n) is 2.80. The summed E-state index contributed by atoms with van der Waals surface area (Å²) in [6.07, 6.45) is 0. The zero-order chi connectivity index (χ0) is 8.43. The van der Waals surface area contributed by atoms with Crippen molar-refractivity contribution in [3.63, 3.8) is 0 Å². The number of nitrogens with zero attached hydrogens (tertiary/aromatic N) is 3. The van der Waals surface area contributed by atoms with E-state index in [1.54, 1.807) is 7.05 Å². The number of rotatable bonds is 1. The number of ether oxygens (including phenoxy) is 1. The summed E-state index contributed by atoms with van der Waals surface area (Å²) in [4.78, 5) is 10.9. The van der Waals surface area contributed by atoms with Gasteiger partial charge in [-0.15, -0.1) is 5.10 Å². The Morgan fingerprint density at radius 2 is 2.36 bits per heavy atom. The molecule has 0 aliphatic rings. The van der Waals surface area contributed by atoms with Crippen LogP contribution in [0.1, 0.15) is 10.5 Å². The molecule has 1 aromatic rings. The molecule has 0 unspecified atom stereocenters. The monoisotopic (exact) mass is 175 g/mol. The van der Waals surface area contributed by atoms with Gasteiger partial charge in [0.2, 0.25) is 0 Å². The molecule has 0 bridgehead atoms. The number of carbonyl (C=O) groups is 1. The zero-order valence-electron chi connectivity index (χ0n) is 6.04. The first-order chi connectivity index (χ1) is 5.16. The molecular weight excluding hydrogens is 170 g/mol. The lowest BCUT2D eigenvalue weighted by Gasteiger charge is -1.96. The predicted molar refractivity (Wildman–Crippen MR) is 37.4 cm³/mol. The van der Waals surface area contributed by atoms with Crippen molar-refractivity contribution >= 4 is 17.6 Å². The molecule has 1 aromatic heterocycles. The van der Waals surface area contributed by atoms with Crippen LogP contribution < -0.4 is 0 Å². The van der Waals surface area contributed by atoms with Gasteiger partial charge in [0.1, 0.15) is 0 Å². The zero-order valence-corrected chi connectivity index (χ0v) is 6.79. The summed E-state index contributed by atoms with van der Waals surface area (Å²) in [6.45, 7) is 0. The average molecular weight is 176 g/mol. The molecule has 0 aliphatic heterocycles. The Labute approximate surface area is 67.9 Å². The molecule has 0 atom stereocenters. The fraction of sp³-hybridized carbons (Fsp3) is 0.400. The molecule has 6 heteroatoms. The van der Waals surface area contributed by atoms with Crippen molar-refractivity contribution in [3.05, 3.63) is 10.8 Å². The van der Waals surface area contributed by atoms with E-state index in [4.69, 9.17) is 11.6 Å². The van der Waals surface area contributed by atoms with Gasteiger partial charge in [-0.05, 0) is 0 Å². The number of methoxy groups -OCH3 is 1. The quantitative estimate of drug-likeness (QED) is 0.575. The summed E-state index contributed by atoms with van der Waals surface area (Å²) >= 11 is 5.52. The summed E-state index contributed by atoms with van der Waals surface area (Å²) < 4.78 is 5.69. The Hall–Kier alpha value is -1.10. The number of hydrogen-bond acceptors (Lipinski definition) is 4. The SMILES string of the molecule is COC(=O)c1c(Cl)nnn1C. The molecule has 0 saturated heterocycles. The van der Waals surface area contributed by atoms with Gasteiger partial charge in [0.15, 0.2) is 10.8 Å². The number of aromatic nitrogens is 3. The first kappa shape index (κ1) is 8.00. The lowest BCUT2D eigenvalue weighted by Crippen LogP contribution is -2.08. The minimum atomic E-state index is -0.539. The van der Waals surface area contributed by atoms with Crippen LogP contribution in [0.5, 0.6) is 0 Å². The van der Waals surface area contributed by atoms with Crippen molar-refractivity contribution in [2.75, 3.05) is 7.11 Å². The van der Waals surface area contributed by atoms with Gasteiger partial charge < -0.3 is 4.74 Å². The molecule has 0 aliphatic carbocycles. The van der Waals surface area contributed by atoms with Crippen LogP contribution in [0, 0.1) is 0 Å². The highest BCUT2D eigenvalue weighted by atomic mass is 35.5. The van der Waals surface area contributed by atoms with Gasteiger partial charge in [-0.3, -0.25) is 0 Å². The molecule has 0 spiro atoms. The Balaban J connectivity index is 3.10. The minimum absolute atomic E-state index is 0.0550. The van der Waals surface area contributed by atoms with Crippen LogP contribution in [0.15, 0.2) is 0 Å². The molecular formula is C5H6ClN3O2. The molecule has 1 heterocycles. The smallest absolute Gasteiger partial charge is 0.359 e. The molecule has 1 rings (SSSR count). The van der Waals surface area contributed by atoms with Crippen molar-refractivity contribution in [2.45, 2.75) is 0 Å². The average Bonchev–Trinajstić information content (AvgIpc) is 2.30. The molecule has 11 heavy (non-hydrogen) atoms. The molecule has 0 fully saturated rings. The number of halogens is 1. The fourth-order valence-electron chi connectivity index (χ4n) is 0.645. The molecule has 0 radical (unpaired) electrons. The third-order valence-electron chi connectivity index (χ3n) is 1.16. The van der Waals surface area contributed by atoms with E-state index in [0.717, 1.165) is 0 Å². The van der Waals surface area contributed by atoms with E-state index in [9.17, 15) is 4.79 Å². The highest BCUT2D eigenvalue weighted by Crippen LogP contribution is 2.10. The van der Waals surface area contributed by atoms with Crippen LogP contribution in [0.3, 0.4) is 0 Å². The number of esters is 1. The highest BCUT2D eigenvalue weighted by Gasteiger charge is 2.16. The van der Waals surface area contributed by atoms with Crippen LogP contribution in [0.4, 0.5) is 0 Å². The Morgan fingerprint density at radius 1 is 1.73 bits per heavy atom. The Morgan fingerprint density at radius 3 is 2.73 bits per heavy atom. The second-order valence-corrected chi connectivity index (χ2v) is 2.20. The van der Waals surface area contributed by atoms with Gasteiger partial charge in [-0.1, -0.05) is 16.8 Å². The maximum atomic E-state index is 10.9. The van der Waals surface area contributed by atoms with Gasteiger partial charge >= 0.3 is 5.97 Å². The van der Waals surface area contributed by atoms with Gasteiger partial charge in [0.25, 0.3) is 0 Å². The van der Waals surface area contributed by atoms with Crippen molar-refractivity contribution < 1.29 is 9.53 Å². The fourth-order valence-corrected chi connectivity index (χ4v) is 0.878. The molecule has 0 aromatic carbocycles. The van der Waals surface area contributed by atoms with E-state index in [1.165, 1.54) is 11.8 Å². The van der Waals surface area contributed by atoms with Gasteiger partial charge in [0, 0.05) is 7.05 Å². The second kappa shape index (κ2) is 2.87. The largest absolute Gasteiger partial charge is 0.464 e. The van der Waals surface area contributed by atoms with Crippen LogP contribution >= 0.6 is 11.6 Å². The molecule has 0 saturated carbocycles. The van der Waals surface area contributed by atoms with E-state index < -0.39 is 5.97 Å². The normalized spacial score (nSPS) is 9.73. The van der Waals surface area contributed by atoms with Crippen molar-refractivity contribution in [1.82, 2.24) is 15.0 Å². The van der Waals surface area contributed by atoms with Crippen molar-refractivity contribution in [2.24, 2.45) is 7.05 Å². The van der Waals surface area contributed by atoms with E-state index in [1.807, 2.05) is 0 Å². The van der Waals surface area contributed by atoms with E-state index in [0.29, 0.717) is 0 Å². The summed E-state index contributed by atoms with van der Waals surface area (Å²) in [6, 6.07) is 0. The topological polar surface area (TPSA) is 57.0 Å². The van der Waals surface area contributed by atoms with Crippen LogP contribution in [-0.2, 0) is 11.8 Å². The second-order valence-electron chi connectivity index (χ2n) is 1.84. The molecule has 0 amide bonds. The predicted octanol–water partition coefficient (Wildman–Crippen LogP) is 0.255. The Kier molecular flexibility index (Phi) is 2.09. The summed E-state index contributed by atoms with van der Waals surface area (Å²) in [5, 5.41) is 7.04. The number of hydrogen-bond donors (Lipinski definition) is 0. The van der Waals surface area contributed by atoms with Gasteiger partial charge in [0.05, 0.1) is 7.11 Å². The third-order valence-corrected chi connectivity index (χ3v) is 1.42. The van der Waals surface area contributed by atoms with E-state index >= 15 is 0 Å². The third kappa shape index (κ3) is 1.32. The maximum Gasteiger partial charge on any atom is 0.359 e. The van der Waals surface area contributed by atoms with E-state index in [2.05, 4.69) is 15.0 Å². The van der Waals surface area contributed by atoms with Gasteiger partial charge in [-0.2, -0.15) is 0 Å². The van der Waals surface area contributed by atoms with E-state index in [-0.39, 0.29) is 10.8 Å². The van der Waals surface area contributed by atoms with Crippen LogP contribution in [0.2, 0.25) is 5.15 Å². The number of carbonyl (C=O) groups excluding carboxylic acids is 1. The van der Waals surface area contributed by atoms with Gasteiger partial charge in [-0.25, -0.2) is 9.48 Å². The molecule has 60 valence electrons. The Bertz CT molecular complexity index is 264.